The number of carbonyl (C=O) groups excluding carboxylic acids is 1. The third kappa shape index (κ3) is 3.08. The first-order chi connectivity index (χ1) is 10.6. The molecular formula is C17H16ClNO2S. The van der Waals surface area contributed by atoms with E-state index in [0.717, 1.165) is 6.42 Å². The lowest BCUT2D eigenvalue weighted by Crippen LogP contribution is -2.24. The van der Waals surface area contributed by atoms with Crippen molar-refractivity contribution in [1.29, 1.82) is 0 Å². The monoisotopic (exact) mass is 333 g/mol. The maximum absolute atomic E-state index is 12.4. The quantitative estimate of drug-likeness (QED) is 0.909. The molecule has 0 saturated carbocycles. The third-order valence-electron chi connectivity index (χ3n) is 3.61. The van der Waals surface area contributed by atoms with Crippen LogP contribution in [0.1, 0.15) is 11.1 Å². The summed E-state index contributed by atoms with van der Waals surface area (Å²) in [6.45, 7) is 2.06. The summed E-state index contributed by atoms with van der Waals surface area (Å²) in [5.74, 6) is 0.595. The van der Waals surface area contributed by atoms with E-state index in [1.165, 1.54) is 16.0 Å². The molecule has 0 saturated heterocycles. The molecule has 1 N–H and O–H groups in total. The number of methoxy groups -OCH3 is 1. The van der Waals surface area contributed by atoms with Gasteiger partial charge < -0.3 is 10.1 Å². The van der Waals surface area contributed by atoms with Crippen LogP contribution in [0.2, 0.25) is 5.02 Å². The molecule has 0 radical (unpaired) electrons. The molecule has 0 bridgehead atoms. The van der Waals surface area contributed by atoms with Crippen molar-refractivity contribution in [2.45, 2.75) is 23.5 Å². The first-order valence-corrected chi connectivity index (χ1v) is 8.23. The van der Waals surface area contributed by atoms with Gasteiger partial charge in [0, 0.05) is 10.6 Å². The highest BCUT2D eigenvalue weighted by Gasteiger charge is 2.28. The molecule has 5 heteroatoms. The summed E-state index contributed by atoms with van der Waals surface area (Å²) in [7, 11) is 1.56. The van der Waals surface area contributed by atoms with Crippen LogP contribution in [0.25, 0.3) is 0 Å². The van der Waals surface area contributed by atoms with Gasteiger partial charge in [-0.25, -0.2) is 0 Å². The molecule has 0 fully saturated rings. The van der Waals surface area contributed by atoms with E-state index in [0.29, 0.717) is 16.5 Å². The predicted octanol–water partition coefficient (Wildman–Crippen LogP) is 4.31. The minimum Gasteiger partial charge on any atom is -0.495 e. The summed E-state index contributed by atoms with van der Waals surface area (Å²) >= 11 is 7.70. The Hall–Kier alpha value is -1.65. The fraction of sp³-hybridized carbons (Fsp3) is 0.235. The lowest BCUT2D eigenvalue weighted by Gasteiger charge is -2.11. The lowest BCUT2D eigenvalue weighted by molar-refractivity contribution is -0.115. The van der Waals surface area contributed by atoms with Gasteiger partial charge in [0.05, 0.1) is 17.4 Å². The average Bonchev–Trinajstić information content (AvgIpc) is 2.90. The molecule has 1 aliphatic heterocycles. The highest BCUT2D eigenvalue weighted by Crippen LogP contribution is 2.38. The number of nitrogens with one attached hydrogen (secondary N) is 1. The number of carbonyl (C=O) groups is 1. The molecule has 1 amide bonds. The minimum absolute atomic E-state index is 0.0000802. The number of rotatable bonds is 3. The molecule has 2 aromatic rings. The van der Waals surface area contributed by atoms with E-state index in [1.54, 1.807) is 37.1 Å². The Kier molecular flexibility index (Phi) is 4.32. The predicted molar refractivity (Wildman–Crippen MR) is 91.2 cm³/mol. The summed E-state index contributed by atoms with van der Waals surface area (Å²) in [5, 5.41) is 3.31. The number of anilines is 1. The fourth-order valence-corrected chi connectivity index (χ4v) is 4.00. The molecule has 0 unspecified atom stereocenters. The van der Waals surface area contributed by atoms with Crippen LogP contribution in [-0.4, -0.2) is 18.3 Å². The Bertz CT molecular complexity index is 733. The van der Waals surface area contributed by atoms with Crippen molar-refractivity contribution in [1.82, 2.24) is 0 Å². The van der Waals surface area contributed by atoms with Crippen LogP contribution in [0.4, 0.5) is 5.69 Å². The van der Waals surface area contributed by atoms with Crippen LogP contribution in [-0.2, 0) is 11.2 Å². The molecule has 3 nitrogen and oxygen atoms in total. The third-order valence-corrected chi connectivity index (χ3v) is 5.20. The van der Waals surface area contributed by atoms with Crippen molar-refractivity contribution in [3.63, 3.8) is 0 Å². The van der Waals surface area contributed by atoms with Crippen LogP contribution < -0.4 is 10.1 Å². The van der Waals surface area contributed by atoms with Gasteiger partial charge in [0.2, 0.25) is 5.91 Å². The Morgan fingerprint density at radius 1 is 1.32 bits per heavy atom. The number of ether oxygens (including phenoxy) is 1. The van der Waals surface area contributed by atoms with Crippen LogP contribution in [0.5, 0.6) is 5.75 Å². The lowest BCUT2D eigenvalue weighted by atomic mass is 10.1. The maximum atomic E-state index is 12.4. The van der Waals surface area contributed by atoms with Crippen molar-refractivity contribution in [3.8, 4) is 5.75 Å². The molecule has 0 aromatic heterocycles. The molecule has 0 spiro atoms. The van der Waals surface area contributed by atoms with E-state index >= 15 is 0 Å². The minimum atomic E-state index is -0.0994. The summed E-state index contributed by atoms with van der Waals surface area (Å²) in [6.07, 6.45) is 0.760. The number of amides is 1. The van der Waals surface area contributed by atoms with E-state index in [1.807, 2.05) is 0 Å². The Balaban J connectivity index is 1.70. The van der Waals surface area contributed by atoms with Crippen molar-refractivity contribution >= 4 is 35.0 Å². The zero-order valence-electron chi connectivity index (χ0n) is 12.4. The Morgan fingerprint density at radius 2 is 2.14 bits per heavy atom. The summed E-state index contributed by atoms with van der Waals surface area (Å²) in [4.78, 5) is 13.6. The summed E-state index contributed by atoms with van der Waals surface area (Å²) in [5.41, 5.74) is 3.14. The van der Waals surface area contributed by atoms with Crippen LogP contribution in [0, 0.1) is 6.92 Å². The maximum Gasteiger partial charge on any atom is 0.238 e. The van der Waals surface area contributed by atoms with E-state index < -0.39 is 0 Å². The number of thioether (sulfide) groups is 1. The highest BCUT2D eigenvalue weighted by atomic mass is 35.5. The number of benzene rings is 2. The SMILES string of the molecule is COc1ccc(NC(=O)[C@@H]2Cc3ccc(C)cc3S2)cc1Cl. The van der Waals surface area contributed by atoms with E-state index in [4.69, 9.17) is 16.3 Å². The molecule has 1 heterocycles. The normalized spacial score (nSPS) is 16.2. The number of fused-ring (bicyclic) bond motifs is 1. The molecule has 114 valence electrons. The molecule has 1 aliphatic rings. The van der Waals surface area contributed by atoms with E-state index in [-0.39, 0.29) is 11.2 Å². The van der Waals surface area contributed by atoms with Crippen LogP contribution >= 0.6 is 23.4 Å². The standard InChI is InChI=1S/C17H16ClNO2S/c1-10-3-4-11-8-16(22-15(11)7-10)17(20)19-12-5-6-14(21-2)13(18)9-12/h3-7,9,16H,8H2,1-2H3,(H,19,20)/t16-/m0/s1. The number of hydrogen-bond donors (Lipinski definition) is 1. The zero-order valence-corrected chi connectivity index (χ0v) is 13.9. The molecule has 3 rings (SSSR count). The van der Waals surface area contributed by atoms with E-state index in [2.05, 4.69) is 30.4 Å². The van der Waals surface area contributed by atoms with Crippen molar-refractivity contribution in [2.75, 3.05) is 12.4 Å². The topological polar surface area (TPSA) is 38.3 Å². The molecule has 1 atom stereocenters. The second kappa shape index (κ2) is 6.23. The van der Waals surface area contributed by atoms with Crippen LogP contribution in [0.3, 0.4) is 0 Å². The number of halogens is 1. The van der Waals surface area contributed by atoms with Crippen molar-refractivity contribution in [2.24, 2.45) is 0 Å². The second-order valence-corrected chi connectivity index (χ2v) is 6.91. The van der Waals surface area contributed by atoms with Gasteiger partial charge in [-0.05, 0) is 43.2 Å². The second-order valence-electron chi connectivity index (χ2n) is 5.26. The van der Waals surface area contributed by atoms with Crippen LogP contribution in [0.15, 0.2) is 41.3 Å². The van der Waals surface area contributed by atoms with Gasteiger partial charge in [-0.2, -0.15) is 0 Å². The van der Waals surface area contributed by atoms with Gasteiger partial charge >= 0.3 is 0 Å². The molecule has 0 aliphatic carbocycles. The van der Waals surface area contributed by atoms with Gasteiger partial charge in [0.15, 0.2) is 0 Å². The van der Waals surface area contributed by atoms with E-state index in [9.17, 15) is 4.79 Å². The number of aryl methyl sites for hydroxylation is 1. The van der Waals surface area contributed by atoms with Crippen molar-refractivity contribution in [3.05, 3.63) is 52.5 Å². The first-order valence-electron chi connectivity index (χ1n) is 6.97. The smallest absolute Gasteiger partial charge is 0.238 e. The Morgan fingerprint density at radius 3 is 2.86 bits per heavy atom. The van der Waals surface area contributed by atoms with Gasteiger partial charge in [-0.1, -0.05) is 29.3 Å². The molecule has 22 heavy (non-hydrogen) atoms. The number of hydrogen-bond acceptors (Lipinski definition) is 3. The van der Waals surface area contributed by atoms with Gasteiger partial charge in [-0.15, -0.1) is 11.8 Å². The first kappa shape index (κ1) is 15.3. The zero-order chi connectivity index (χ0) is 15.7. The van der Waals surface area contributed by atoms with Gasteiger partial charge in [0.25, 0.3) is 0 Å². The summed E-state index contributed by atoms with van der Waals surface area (Å²) < 4.78 is 5.11. The Labute approximate surface area is 139 Å². The van der Waals surface area contributed by atoms with Gasteiger partial charge in [-0.3, -0.25) is 4.79 Å². The van der Waals surface area contributed by atoms with Crippen molar-refractivity contribution < 1.29 is 9.53 Å². The highest BCUT2D eigenvalue weighted by molar-refractivity contribution is 8.01. The van der Waals surface area contributed by atoms with Gasteiger partial charge in [0.1, 0.15) is 5.75 Å². The average molecular weight is 334 g/mol. The fourth-order valence-electron chi connectivity index (χ4n) is 2.45. The molecule has 2 aromatic carbocycles. The molecular weight excluding hydrogens is 318 g/mol. The largest absolute Gasteiger partial charge is 0.495 e. The summed E-state index contributed by atoms with van der Waals surface area (Å²) in [6, 6.07) is 11.6.